The van der Waals surface area contributed by atoms with Gasteiger partial charge in [-0.25, -0.2) is 4.79 Å². The van der Waals surface area contributed by atoms with Gasteiger partial charge in [0.15, 0.2) is 11.5 Å². The monoisotopic (exact) mass is 367 g/mol. The van der Waals surface area contributed by atoms with Gasteiger partial charge in [0.2, 0.25) is 0 Å². The molecule has 2 heterocycles. The zero-order valence-electron chi connectivity index (χ0n) is 14.1. The summed E-state index contributed by atoms with van der Waals surface area (Å²) in [4.78, 5) is 15.8. The number of nitrogens with zero attached hydrogens (tertiary/aromatic N) is 1. The number of hydrogen-bond acceptors (Lipinski definition) is 5. The minimum atomic E-state index is -0.945. The molecule has 1 N–H and O–H groups in total. The van der Waals surface area contributed by atoms with Crippen LogP contribution in [0.25, 0.3) is 10.9 Å². The van der Waals surface area contributed by atoms with Crippen LogP contribution >= 0.6 is 12.6 Å². The Morgan fingerprint density at radius 1 is 1.12 bits per heavy atom. The number of hydrogen-bond donors (Lipinski definition) is 2. The van der Waals surface area contributed by atoms with E-state index in [1.54, 1.807) is 24.3 Å². The van der Waals surface area contributed by atoms with Crippen LogP contribution in [-0.2, 0) is 0 Å². The highest BCUT2D eigenvalue weighted by atomic mass is 32.1. The van der Waals surface area contributed by atoms with Crippen LogP contribution in [-0.4, -0.2) is 29.3 Å². The molecule has 132 valence electrons. The molecule has 0 radical (unpaired) electrons. The molecule has 1 aliphatic heterocycles. The van der Waals surface area contributed by atoms with Crippen molar-refractivity contribution in [3.05, 3.63) is 64.8 Å². The molecule has 0 spiro atoms. The Hall–Kier alpha value is -2.73. The molecule has 1 aromatic heterocycles. The molecule has 3 aromatic rings. The van der Waals surface area contributed by atoms with Gasteiger partial charge >= 0.3 is 5.97 Å². The minimum absolute atomic E-state index is 0.251. The van der Waals surface area contributed by atoms with E-state index in [4.69, 9.17) is 32.2 Å². The summed E-state index contributed by atoms with van der Waals surface area (Å²) in [6.45, 7) is 3.07. The molecular formula is C20H17NO4S. The summed E-state index contributed by atoms with van der Waals surface area (Å²) in [6, 6.07) is 12.6. The van der Waals surface area contributed by atoms with Gasteiger partial charge in [-0.2, -0.15) is 12.6 Å². The van der Waals surface area contributed by atoms with Crippen molar-refractivity contribution in [2.24, 2.45) is 0 Å². The van der Waals surface area contributed by atoms with E-state index in [0.717, 1.165) is 33.5 Å². The van der Waals surface area contributed by atoms with Crippen molar-refractivity contribution < 1.29 is 19.4 Å². The Labute approximate surface area is 156 Å². The quantitative estimate of drug-likeness (QED) is 0.684. The topological polar surface area (TPSA) is 68.7 Å². The number of rotatable bonds is 3. The van der Waals surface area contributed by atoms with Crippen LogP contribution in [0.1, 0.15) is 32.4 Å². The predicted molar refractivity (Wildman–Crippen MR) is 102 cm³/mol. The second kappa shape index (κ2) is 6.53. The van der Waals surface area contributed by atoms with E-state index < -0.39 is 5.97 Å². The molecule has 0 saturated carbocycles. The standard InChI is InChI=1S/C20H17NO4S/c1-11-8-14-9-16-17(25-7-6-24-16)10-15(14)21-18(11)19(26)12-2-4-13(5-3-12)20(22)23/h2-5,8-10,19,26H,6-7H2,1H3,(H,22,23). The summed E-state index contributed by atoms with van der Waals surface area (Å²) in [7, 11) is 0. The number of aryl methyl sites for hydroxylation is 1. The predicted octanol–water partition coefficient (Wildman–Crippen LogP) is 4.03. The lowest BCUT2D eigenvalue weighted by molar-refractivity contribution is 0.0697. The number of fused-ring (bicyclic) bond motifs is 2. The minimum Gasteiger partial charge on any atom is -0.486 e. The van der Waals surface area contributed by atoms with Crippen LogP contribution in [0, 0.1) is 6.92 Å². The molecule has 0 aliphatic carbocycles. The van der Waals surface area contributed by atoms with Crippen LogP contribution < -0.4 is 9.47 Å². The Morgan fingerprint density at radius 2 is 1.77 bits per heavy atom. The van der Waals surface area contributed by atoms with Crippen LogP contribution in [0.2, 0.25) is 0 Å². The van der Waals surface area contributed by atoms with Crippen molar-refractivity contribution in [3.8, 4) is 11.5 Å². The lowest BCUT2D eigenvalue weighted by atomic mass is 10.0. The van der Waals surface area contributed by atoms with Crippen molar-refractivity contribution in [3.63, 3.8) is 0 Å². The maximum Gasteiger partial charge on any atom is 0.335 e. The second-order valence-electron chi connectivity index (χ2n) is 6.21. The van der Waals surface area contributed by atoms with Gasteiger partial charge in [-0.05, 0) is 42.3 Å². The molecule has 1 aliphatic rings. The van der Waals surface area contributed by atoms with Gasteiger partial charge in [0, 0.05) is 11.5 Å². The third-order valence-corrected chi connectivity index (χ3v) is 4.98. The first-order valence-electron chi connectivity index (χ1n) is 8.25. The average Bonchev–Trinajstić information content (AvgIpc) is 2.65. The summed E-state index contributed by atoms with van der Waals surface area (Å²) >= 11 is 4.72. The number of ether oxygens (including phenoxy) is 2. The maximum absolute atomic E-state index is 11.0. The zero-order chi connectivity index (χ0) is 18.3. The van der Waals surface area contributed by atoms with E-state index in [0.29, 0.717) is 19.0 Å². The molecule has 0 saturated heterocycles. The summed E-state index contributed by atoms with van der Waals surface area (Å²) in [5.41, 5.74) is 3.81. The Balaban J connectivity index is 1.75. The summed E-state index contributed by atoms with van der Waals surface area (Å²) in [6.07, 6.45) is 0. The van der Waals surface area contributed by atoms with E-state index in [1.807, 2.05) is 19.1 Å². The average molecular weight is 367 g/mol. The second-order valence-corrected chi connectivity index (χ2v) is 6.73. The first-order valence-corrected chi connectivity index (χ1v) is 8.77. The Kier molecular flexibility index (Phi) is 4.20. The van der Waals surface area contributed by atoms with Crippen molar-refractivity contribution in [1.29, 1.82) is 0 Å². The smallest absolute Gasteiger partial charge is 0.335 e. The molecule has 1 unspecified atom stereocenters. The van der Waals surface area contributed by atoms with Gasteiger partial charge in [0.1, 0.15) is 13.2 Å². The molecule has 0 amide bonds. The molecule has 2 aromatic carbocycles. The SMILES string of the molecule is Cc1cc2cc3c(cc2nc1C(S)c1ccc(C(=O)O)cc1)OCCO3. The molecule has 5 nitrogen and oxygen atoms in total. The molecular weight excluding hydrogens is 350 g/mol. The number of pyridine rings is 1. The number of carboxylic acids is 1. The van der Waals surface area contributed by atoms with Gasteiger partial charge in [0.05, 0.1) is 22.0 Å². The molecule has 26 heavy (non-hydrogen) atoms. The highest BCUT2D eigenvalue weighted by molar-refractivity contribution is 7.80. The fraction of sp³-hybridized carbons (Fsp3) is 0.200. The van der Waals surface area contributed by atoms with Crippen LogP contribution in [0.4, 0.5) is 0 Å². The molecule has 4 rings (SSSR count). The van der Waals surface area contributed by atoms with Gasteiger partial charge in [-0.15, -0.1) is 0 Å². The third-order valence-electron chi connectivity index (χ3n) is 4.44. The third kappa shape index (κ3) is 2.97. The van der Waals surface area contributed by atoms with Gasteiger partial charge in [0.25, 0.3) is 0 Å². The summed E-state index contributed by atoms with van der Waals surface area (Å²) in [5, 5.41) is 9.77. The highest BCUT2D eigenvalue weighted by Gasteiger charge is 2.18. The largest absolute Gasteiger partial charge is 0.486 e. The first-order chi connectivity index (χ1) is 12.5. The fourth-order valence-electron chi connectivity index (χ4n) is 3.07. The molecule has 6 heteroatoms. The van der Waals surface area contributed by atoms with Gasteiger partial charge in [-0.1, -0.05) is 12.1 Å². The van der Waals surface area contributed by atoms with E-state index in [2.05, 4.69) is 6.07 Å². The molecule has 1 atom stereocenters. The molecule has 0 fully saturated rings. The van der Waals surface area contributed by atoms with E-state index >= 15 is 0 Å². The number of benzene rings is 2. The number of carboxylic acid groups (broad SMARTS) is 1. The van der Waals surface area contributed by atoms with E-state index in [9.17, 15) is 4.79 Å². The summed E-state index contributed by atoms with van der Waals surface area (Å²) in [5.74, 6) is 0.497. The van der Waals surface area contributed by atoms with Crippen molar-refractivity contribution in [2.75, 3.05) is 13.2 Å². The maximum atomic E-state index is 11.0. The zero-order valence-corrected chi connectivity index (χ0v) is 15.0. The summed E-state index contributed by atoms with van der Waals surface area (Å²) < 4.78 is 11.3. The highest BCUT2D eigenvalue weighted by Crippen LogP contribution is 2.36. The lowest BCUT2D eigenvalue weighted by Crippen LogP contribution is -2.15. The van der Waals surface area contributed by atoms with Crippen molar-refractivity contribution in [2.45, 2.75) is 12.2 Å². The Bertz CT molecular complexity index is 1000. The number of aromatic carboxylic acids is 1. The molecule has 0 bridgehead atoms. The van der Waals surface area contributed by atoms with Crippen molar-refractivity contribution >= 4 is 29.5 Å². The Morgan fingerprint density at radius 3 is 2.42 bits per heavy atom. The van der Waals surface area contributed by atoms with Crippen molar-refractivity contribution in [1.82, 2.24) is 4.98 Å². The van der Waals surface area contributed by atoms with Gasteiger partial charge in [-0.3, -0.25) is 4.98 Å². The normalized spacial score (nSPS) is 14.2. The van der Waals surface area contributed by atoms with Crippen LogP contribution in [0.15, 0.2) is 42.5 Å². The van der Waals surface area contributed by atoms with E-state index in [-0.39, 0.29) is 10.8 Å². The van der Waals surface area contributed by atoms with Crippen LogP contribution in [0.5, 0.6) is 11.5 Å². The number of thiol groups is 1. The lowest BCUT2D eigenvalue weighted by Gasteiger charge is -2.20. The van der Waals surface area contributed by atoms with Gasteiger partial charge < -0.3 is 14.6 Å². The first kappa shape index (κ1) is 16.7. The number of aromatic nitrogens is 1. The van der Waals surface area contributed by atoms with E-state index in [1.165, 1.54) is 0 Å². The van der Waals surface area contributed by atoms with Crippen LogP contribution in [0.3, 0.4) is 0 Å². The fourth-order valence-corrected chi connectivity index (χ4v) is 3.51. The number of carbonyl (C=O) groups is 1.